The van der Waals surface area contributed by atoms with Crippen molar-refractivity contribution in [2.24, 2.45) is 10.6 Å². The maximum absolute atomic E-state index is 13.5. The minimum Gasteiger partial charge on any atom is -0.490 e. The Labute approximate surface area is 158 Å². The molecule has 0 bridgehead atoms. The molecule has 27 heavy (non-hydrogen) atoms. The van der Waals surface area contributed by atoms with Gasteiger partial charge in [-0.2, -0.15) is 5.10 Å². The van der Waals surface area contributed by atoms with E-state index in [1.165, 1.54) is 18.5 Å². The molecule has 0 fully saturated rings. The van der Waals surface area contributed by atoms with E-state index < -0.39 is 0 Å². The van der Waals surface area contributed by atoms with Crippen molar-refractivity contribution in [2.75, 3.05) is 6.61 Å². The summed E-state index contributed by atoms with van der Waals surface area (Å²) in [7, 11) is 0. The summed E-state index contributed by atoms with van der Waals surface area (Å²) in [5.41, 5.74) is 1.46. The number of fused-ring (bicyclic) bond motifs is 1. The normalized spacial score (nSPS) is 17.9. The number of hydrogen-bond donors (Lipinski definition) is 0. The predicted octanol–water partition coefficient (Wildman–Crippen LogP) is 3.96. The number of oxime groups is 1. The average molecular weight is 372 g/mol. The zero-order valence-electron chi connectivity index (χ0n) is 15.9. The highest BCUT2D eigenvalue weighted by atomic mass is 19.1. The minimum atomic E-state index is -0.255. The first-order chi connectivity index (χ1) is 12.9. The Kier molecular flexibility index (Phi) is 5.58. The van der Waals surface area contributed by atoms with E-state index in [0.29, 0.717) is 19.4 Å². The van der Waals surface area contributed by atoms with Crippen LogP contribution in [0, 0.1) is 11.2 Å². The second kappa shape index (κ2) is 7.90. The Hall–Kier alpha value is -2.70. The van der Waals surface area contributed by atoms with Crippen LogP contribution in [0.25, 0.3) is 0 Å². The molecule has 1 aliphatic heterocycles. The molecule has 0 saturated heterocycles. The lowest BCUT2D eigenvalue weighted by molar-refractivity contribution is 0.163. The molecule has 2 unspecified atom stereocenters. The van der Waals surface area contributed by atoms with Crippen molar-refractivity contribution in [1.29, 1.82) is 0 Å². The van der Waals surface area contributed by atoms with Crippen LogP contribution in [0.15, 0.2) is 48.7 Å². The first-order valence-electron chi connectivity index (χ1n) is 8.99. The van der Waals surface area contributed by atoms with Gasteiger partial charge in [-0.1, -0.05) is 38.6 Å². The smallest absolute Gasteiger partial charge is 0.137 e. The highest BCUT2D eigenvalue weighted by Gasteiger charge is 2.35. The molecule has 2 aromatic rings. The topological polar surface area (TPSA) is 61.5 Å². The van der Waals surface area contributed by atoms with Gasteiger partial charge in [0, 0.05) is 23.8 Å². The minimum absolute atomic E-state index is 0.108. The number of hydrogen-bond acceptors (Lipinski definition) is 5. The third kappa shape index (κ3) is 4.53. The van der Waals surface area contributed by atoms with Gasteiger partial charge in [0.1, 0.15) is 36.9 Å². The summed E-state index contributed by atoms with van der Waals surface area (Å²) in [5.74, 6) is 0.483. The summed E-state index contributed by atoms with van der Waals surface area (Å²) in [6.45, 7) is 10.2. The van der Waals surface area contributed by atoms with E-state index in [4.69, 9.17) is 9.57 Å². The van der Waals surface area contributed by atoms with Crippen LogP contribution in [0.3, 0.4) is 0 Å². The highest BCUT2D eigenvalue weighted by Crippen LogP contribution is 2.35. The van der Waals surface area contributed by atoms with Crippen LogP contribution >= 0.6 is 0 Å². The number of benzene rings is 1. The number of aromatic nitrogens is 3. The zero-order valence-corrected chi connectivity index (χ0v) is 15.9. The van der Waals surface area contributed by atoms with Crippen LogP contribution < -0.4 is 4.74 Å². The second-order valence-corrected chi connectivity index (χ2v) is 7.63. The molecule has 6 nitrogen and oxygen atoms in total. The van der Waals surface area contributed by atoms with E-state index in [0.717, 1.165) is 17.0 Å². The van der Waals surface area contributed by atoms with Gasteiger partial charge in [-0.05, 0) is 18.2 Å². The van der Waals surface area contributed by atoms with Crippen LogP contribution in [-0.4, -0.2) is 33.2 Å². The summed E-state index contributed by atoms with van der Waals surface area (Å²) in [5, 5.41) is 8.71. The van der Waals surface area contributed by atoms with Crippen LogP contribution in [0.2, 0.25) is 0 Å². The van der Waals surface area contributed by atoms with Gasteiger partial charge in [0.05, 0.1) is 11.8 Å². The summed E-state index contributed by atoms with van der Waals surface area (Å²) in [4.78, 5) is 9.49. The fourth-order valence-corrected chi connectivity index (χ4v) is 3.25. The van der Waals surface area contributed by atoms with Crippen LogP contribution in [-0.2, 0) is 11.3 Å². The number of halogens is 1. The van der Waals surface area contributed by atoms with E-state index in [2.05, 4.69) is 42.6 Å². The Morgan fingerprint density at radius 2 is 2.33 bits per heavy atom. The molecule has 0 saturated carbocycles. The van der Waals surface area contributed by atoms with Crippen molar-refractivity contribution in [1.82, 2.24) is 14.8 Å². The Morgan fingerprint density at radius 3 is 3.00 bits per heavy atom. The SMILES string of the molecule is C=CCON=C(C(CC1Cc2cc(F)ccc2O1)n1cncn1)C(C)(C)C. The second-order valence-electron chi connectivity index (χ2n) is 7.63. The molecule has 0 aliphatic carbocycles. The van der Waals surface area contributed by atoms with Crippen molar-refractivity contribution in [2.45, 2.75) is 45.8 Å². The van der Waals surface area contributed by atoms with Gasteiger partial charge in [0.15, 0.2) is 0 Å². The predicted molar refractivity (Wildman–Crippen MR) is 101 cm³/mol. The first kappa shape index (κ1) is 19.1. The molecule has 1 aromatic heterocycles. The monoisotopic (exact) mass is 372 g/mol. The van der Waals surface area contributed by atoms with Gasteiger partial charge in [-0.25, -0.2) is 14.1 Å². The molecule has 0 radical (unpaired) electrons. The van der Waals surface area contributed by atoms with Crippen molar-refractivity contribution >= 4 is 5.71 Å². The molecule has 0 N–H and O–H groups in total. The standard InChI is InChI=1S/C20H25FN4O2/c1-5-8-26-24-19(20(2,3)4)17(25-13-22-12-23-25)11-16-10-14-9-15(21)6-7-18(14)27-16/h5-7,9,12-13,16-17H,1,8,10-11H2,2-4H3. The summed E-state index contributed by atoms with van der Waals surface area (Å²) < 4.78 is 21.3. The molecule has 0 amide bonds. The zero-order chi connectivity index (χ0) is 19.4. The maximum atomic E-state index is 13.5. The Bertz CT molecular complexity index is 812. The lowest BCUT2D eigenvalue weighted by atomic mass is 9.83. The lowest BCUT2D eigenvalue weighted by Crippen LogP contribution is -2.35. The van der Waals surface area contributed by atoms with E-state index in [1.807, 2.05) is 0 Å². The number of nitrogens with zero attached hydrogens (tertiary/aromatic N) is 4. The van der Waals surface area contributed by atoms with Crippen LogP contribution in [0.5, 0.6) is 5.75 Å². The van der Waals surface area contributed by atoms with E-state index >= 15 is 0 Å². The molecule has 2 heterocycles. The van der Waals surface area contributed by atoms with E-state index in [9.17, 15) is 4.39 Å². The fourth-order valence-electron chi connectivity index (χ4n) is 3.25. The Balaban J connectivity index is 1.86. The summed E-state index contributed by atoms with van der Waals surface area (Å²) in [6.07, 6.45) is 5.97. The third-order valence-electron chi connectivity index (χ3n) is 4.45. The van der Waals surface area contributed by atoms with Crippen molar-refractivity contribution in [3.05, 3.63) is 54.9 Å². The number of ether oxygens (including phenoxy) is 1. The first-order valence-corrected chi connectivity index (χ1v) is 8.99. The van der Waals surface area contributed by atoms with Crippen molar-refractivity contribution in [3.63, 3.8) is 0 Å². The summed E-state index contributed by atoms with van der Waals surface area (Å²) >= 11 is 0. The highest BCUT2D eigenvalue weighted by molar-refractivity contribution is 5.92. The van der Waals surface area contributed by atoms with Gasteiger partial charge in [-0.3, -0.25) is 0 Å². The van der Waals surface area contributed by atoms with Gasteiger partial charge in [0.25, 0.3) is 0 Å². The molecule has 7 heteroatoms. The molecule has 2 atom stereocenters. The van der Waals surface area contributed by atoms with Crippen LogP contribution in [0.1, 0.15) is 38.8 Å². The molecular formula is C20H25FN4O2. The van der Waals surface area contributed by atoms with Gasteiger partial charge >= 0.3 is 0 Å². The largest absolute Gasteiger partial charge is 0.490 e. The quantitative estimate of drug-likeness (QED) is 0.319. The van der Waals surface area contributed by atoms with Gasteiger partial charge in [0.2, 0.25) is 0 Å². The summed E-state index contributed by atoms with van der Waals surface area (Å²) in [6, 6.07) is 4.44. The molecule has 0 spiro atoms. The Morgan fingerprint density at radius 1 is 1.52 bits per heavy atom. The molecule has 1 aromatic carbocycles. The van der Waals surface area contributed by atoms with Crippen LogP contribution in [0.4, 0.5) is 4.39 Å². The molecule has 3 rings (SSSR count). The molecular weight excluding hydrogens is 347 g/mol. The molecule has 144 valence electrons. The lowest BCUT2D eigenvalue weighted by Gasteiger charge is -2.29. The van der Waals surface area contributed by atoms with Crippen molar-refractivity contribution < 1.29 is 14.0 Å². The maximum Gasteiger partial charge on any atom is 0.137 e. The fraction of sp³-hybridized carbons (Fsp3) is 0.450. The third-order valence-corrected chi connectivity index (χ3v) is 4.45. The van der Waals surface area contributed by atoms with E-state index in [1.54, 1.807) is 23.2 Å². The van der Waals surface area contributed by atoms with Gasteiger partial charge in [-0.15, -0.1) is 0 Å². The van der Waals surface area contributed by atoms with E-state index in [-0.39, 0.29) is 23.4 Å². The van der Waals surface area contributed by atoms with Gasteiger partial charge < -0.3 is 9.57 Å². The van der Waals surface area contributed by atoms with Crippen molar-refractivity contribution in [3.8, 4) is 5.75 Å². The molecule has 1 aliphatic rings. The number of rotatable bonds is 7. The average Bonchev–Trinajstić information content (AvgIpc) is 3.25.